The Balaban J connectivity index is 1.74. The van der Waals surface area contributed by atoms with Crippen molar-refractivity contribution >= 4 is 40.3 Å². The molecule has 0 saturated carbocycles. The number of thioether (sulfide) groups is 1. The number of carbonyl (C=O) groups is 1. The second kappa shape index (κ2) is 10.1. The number of rotatable bonds is 9. The molecule has 0 atom stereocenters. The van der Waals surface area contributed by atoms with E-state index >= 15 is 0 Å². The summed E-state index contributed by atoms with van der Waals surface area (Å²) >= 11 is 4.60. The number of thiophene rings is 2. The monoisotopic (exact) mass is 427 g/mol. The van der Waals surface area contributed by atoms with Crippen LogP contribution in [0.3, 0.4) is 0 Å². The van der Waals surface area contributed by atoms with E-state index in [0.717, 1.165) is 21.1 Å². The van der Waals surface area contributed by atoms with Gasteiger partial charge in [0.1, 0.15) is 5.69 Å². The smallest absolute Gasteiger partial charge is 0.233 e. The zero-order valence-electron chi connectivity index (χ0n) is 14.9. The van der Waals surface area contributed by atoms with Crippen molar-refractivity contribution in [2.45, 2.75) is 18.0 Å². The molecule has 3 rings (SSSR count). The predicted octanol–water partition coefficient (Wildman–Crippen LogP) is 4.61. The standard InChI is InChI=1S/C19H17N5OS3/c20-7-3-9-24(10-4-8-21)16(25)13-28-19-22-17(14-5-1-11-26-14)18(23-19)15-6-2-12-27-15/h1-2,5-6,11-12H,3-4,9-10,13H2,(H,22,23). The topological polar surface area (TPSA) is 96.6 Å². The molecule has 0 aliphatic rings. The minimum absolute atomic E-state index is 0.0951. The Hall–Kier alpha value is -2.59. The fourth-order valence-electron chi connectivity index (χ4n) is 2.56. The molecule has 9 heteroatoms. The second-order valence-corrected chi connectivity index (χ2v) is 8.57. The van der Waals surface area contributed by atoms with E-state index in [1.54, 1.807) is 27.6 Å². The van der Waals surface area contributed by atoms with Gasteiger partial charge in [0.2, 0.25) is 5.91 Å². The highest BCUT2D eigenvalue weighted by molar-refractivity contribution is 7.99. The van der Waals surface area contributed by atoms with Crippen molar-refractivity contribution in [1.29, 1.82) is 10.5 Å². The molecule has 3 heterocycles. The molecular weight excluding hydrogens is 410 g/mol. The number of hydrogen-bond donors (Lipinski definition) is 1. The van der Waals surface area contributed by atoms with E-state index in [0.29, 0.717) is 18.2 Å². The predicted molar refractivity (Wildman–Crippen MR) is 113 cm³/mol. The largest absolute Gasteiger partial charge is 0.340 e. The molecule has 142 valence electrons. The first-order valence-electron chi connectivity index (χ1n) is 8.55. The van der Waals surface area contributed by atoms with Gasteiger partial charge in [0.15, 0.2) is 5.16 Å². The summed E-state index contributed by atoms with van der Waals surface area (Å²) in [6.45, 7) is 0.688. The highest BCUT2D eigenvalue weighted by Crippen LogP contribution is 2.36. The molecule has 0 bridgehead atoms. The summed E-state index contributed by atoms with van der Waals surface area (Å²) in [5.41, 5.74) is 1.84. The second-order valence-electron chi connectivity index (χ2n) is 5.71. The van der Waals surface area contributed by atoms with Gasteiger partial charge in [-0.2, -0.15) is 10.5 Å². The maximum absolute atomic E-state index is 12.5. The third kappa shape index (κ3) is 5.02. The van der Waals surface area contributed by atoms with Gasteiger partial charge in [0.05, 0.1) is 46.2 Å². The maximum Gasteiger partial charge on any atom is 0.233 e. The van der Waals surface area contributed by atoms with E-state index in [1.165, 1.54) is 11.8 Å². The molecule has 0 aromatic carbocycles. The Bertz CT molecular complexity index is 910. The van der Waals surface area contributed by atoms with Crippen molar-refractivity contribution in [2.24, 2.45) is 0 Å². The van der Waals surface area contributed by atoms with Crippen LogP contribution in [0.5, 0.6) is 0 Å². The van der Waals surface area contributed by atoms with Crippen molar-refractivity contribution < 1.29 is 4.79 Å². The summed E-state index contributed by atoms with van der Waals surface area (Å²) in [7, 11) is 0. The molecule has 1 N–H and O–H groups in total. The lowest BCUT2D eigenvalue weighted by molar-refractivity contribution is -0.128. The van der Waals surface area contributed by atoms with Crippen LogP contribution in [0.4, 0.5) is 0 Å². The average molecular weight is 428 g/mol. The number of hydrogen-bond acceptors (Lipinski definition) is 7. The minimum atomic E-state index is -0.0951. The van der Waals surface area contributed by atoms with E-state index < -0.39 is 0 Å². The third-order valence-corrected chi connectivity index (χ3v) is 6.50. The molecule has 1 amide bonds. The number of nitrogens with zero attached hydrogens (tertiary/aromatic N) is 4. The minimum Gasteiger partial charge on any atom is -0.340 e. The van der Waals surface area contributed by atoms with Gasteiger partial charge in [-0.15, -0.1) is 22.7 Å². The van der Waals surface area contributed by atoms with Crippen LogP contribution >= 0.6 is 34.4 Å². The summed E-state index contributed by atoms with van der Waals surface area (Å²) in [4.78, 5) is 24.3. The van der Waals surface area contributed by atoms with Crippen molar-refractivity contribution in [3.8, 4) is 33.3 Å². The van der Waals surface area contributed by atoms with E-state index in [4.69, 9.17) is 15.5 Å². The lowest BCUT2D eigenvalue weighted by Crippen LogP contribution is -2.34. The van der Waals surface area contributed by atoms with Crippen LogP contribution in [0.15, 0.2) is 40.2 Å². The molecule has 6 nitrogen and oxygen atoms in total. The first-order chi connectivity index (χ1) is 13.7. The molecule has 0 radical (unpaired) electrons. The SMILES string of the molecule is N#CCCN(CCC#N)C(=O)CSc1nc(-c2cccs2)c(-c2cccs2)[nH]1. The van der Waals surface area contributed by atoms with Gasteiger partial charge in [0.25, 0.3) is 0 Å². The number of aromatic amines is 1. The molecule has 3 aromatic rings. The van der Waals surface area contributed by atoms with Gasteiger partial charge >= 0.3 is 0 Å². The van der Waals surface area contributed by atoms with Crippen LogP contribution in [0.1, 0.15) is 12.8 Å². The number of carbonyl (C=O) groups excluding carboxylic acids is 1. The van der Waals surface area contributed by atoms with Gasteiger partial charge in [-0.1, -0.05) is 23.9 Å². The van der Waals surface area contributed by atoms with Crippen LogP contribution in [0.2, 0.25) is 0 Å². The van der Waals surface area contributed by atoms with Gasteiger partial charge in [-0.25, -0.2) is 4.98 Å². The van der Waals surface area contributed by atoms with Gasteiger partial charge in [-0.05, 0) is 22.9 Å². The molecule has 0 saturated heterocycles. The van der Waals surface area contributed by atoms with Crippen LogP contribution < -0.4 is 0 Å². The Kier molecular flexibility index (Phi) is 7.26. The number of aromatic nitrogens is 2. The number of imidazole rings is 1. The highest BCUT2D eigenvalue weighted by Gasteiger charge is 2.18. The molecule has 3 aromatic heterocycles. The van der Waals surface area contributed by atoms with E-state index in [-0.39, 0.29) is 24.5 Å². The van der Waals surface area contributed by atoms with E-state index in [2.05, 4.69) is 4.98 Å². The van der Waals surface area contributed by atoms with E-state index in [9.17, 15) is 4.79 Å². The van der Waals surface area contributed by atoms with Crippen LogP contribution in [0.25, 0.3) is 21.1 Å². The fourth-order valence-corrected chi connectivity index (χ4v) is 4.78. The van der Waals surface area contributed by atoms with Gasteiger partial charge in [0, 0.05) is 13.1 Å². The Morgan fingerprint density at radius 3 is 2.32 bits per heavy atom. The summed E-state index contributed by atoms with van der Waals surface area (Å²) in [5.74, 6) is 0.111. The van der Waals surface area contributed by atoms with Crippen LogP contribution in [-0.4, -0.2) is 39.6 Å². The Morgan fingerprint density at radius 1 is 1.11 bits per heavy atom. The third-order valence-electron chi connectivity index (χ3n) is 3.88. The molecule has 0 unspecified atom stereocenters. The summed E-state index contributed by atoms with van der Waals surface area (Å²) < 4.78 is 0. The summed E-state index contributed by atoms with van der Waals surface area (Å²) in [6, 6.07) is 12.2. The average Bonchev–Trinajstić information content (AvgIpc) is 3.47. The van der Waals surface area contributed by atoms with Crippen molar-refractivity contribution in [3.63, 3.8) is 0 Å². The molecule has 0 aliphatic carbocycles. The Morgan fingerprint density at radius 2 is 1.75 bits per heavy atom. The number of amides is 1. The van der Waals surface area contributed by atoms with E-state index in [1.807, 2.05) is 47.2 Å². The molecule has 0 aliphatic heterocycles. The molecule has 0 spiro atoms. The Labute approximate surface area is 175 Å². The molecule has 0 fully saturated rings. The quantitative estimate of drug-likeness (QED) is 0.503. The summed E-state index contributed by atoms with van der Waals surface area (Å²) in [5, 5.41) is 22.3. The van der Waals surface area contributed by atoms with Crippen LogP contribution in [0, 0.1) is 22.7 Å². The number of H-pyrrole nitrogens is 1. The summed E-state index contributed by atoms with van der Waals surface area (Å²) in [6.07, 6.45) is 0.515. The zero-order valence-corrected chi connectivity index (χ0v) is 17.4. The van der Waals surface area contributed by atoms with Crippen molar-refractivity contribution in [1.82, 2.24) is 14.9 Å². The zero-order chi connectivity index (χ0) is 19.8. The highest BCUT2D eigenvalue weighted by atomic mass is 32.2. The number of nitriles is 2. The van der Waals surface area contributed by atoms with Crippen LogP contribution in [-0.2, 0) is 4.79 Å². The van der Waals surface area contributed by atoms with Gasteiger partial charge < -0.3 is 9.88 Å². The molecule has 28 heavy (non-hydrogen) atoms. The normalized spacial score (nSPS) is 10.4. The number of nitrogens with one attached hydrogen (secondary N) is 1. The first-order valence-corrected chi connectivity index (χ1v) is 11.3. The van der Waals surface area contributed by atoms with Crippen molar-refractivity contribution in [2.75, 3.05) is 18.8 Å². The van der Waals surface area contributed by atoms with Crippen molar-refractivity contribution in [3.05, 3.63) is 35.0 Å². The first kappa shape index (κ1) is 20.2. The molecular formula is C19H17N5OS3. The maximum atomic E-state index is 12.5. The fraction of sp³-hybridized carbons (Fsp3) is 0.263. The van der Waals surface area contributed by atoms with Gasteiger partial charge in [-0.3, -0.25) is 4.79 Å². The lowest BCUT2D eigenvalue weighted by Gasteiger charge is -2.19. The lowest BCUT2D eigenvalue weighted by atomic mass is 10.2.